The Morgan fingerprint density at radius 2 is 1.46 bits per heavy atom. The predicted molar refractivity (Wildman–Crippen MR) is 115 cm³/mol. The summed E-state index contributed by atoms with van der Waals surface area (Å²) in [5.74, 6) is -0.0428. The number of amides is 1. The highest BCUT2D eigenvalue weighted by Crippen LogP contribution is 2.21. The average molecular weight is 373 g/mol. The van der Waals surface area contributed by atoms with E-state index in [1.54, 1.807) is 11.3 Å². The number of carbonyl (C=O) groups excluding carboxylic acids is 1. The number of nitrogens with one attached hydrogen (secondary N) is 1. The number of aromatic nitrogens is 1. The van der Waals surface area contributed by atoms with Crippen molar-refractivity contribution in [3.8, 4) is 5.00 Å². The van der Waals surface area contributed by atoms with Gasteiger partial charge in [0, 0.05) is 18.9 Å². The summed E-state index contributed by atoms with van der Waals surface area (Å²) in [6.45, 7) is 12.5. The summed E-state index contributed by atoms with van der Waals surface area (Å²) < 4.78 is 1.96. The molecule has 1 aromatic carbocycles. The van der Waals surface area contributed by atoms with Gasteiger partial charge in [-0.05, 0) is 29.1 Å². The van der Waals surface area contributed by atoms with Crippen LogP contribution < -0.4 is 5.32 Å². The van der Waals surface area contributed by atoms with Gasteiger partial charge in [-0.15, -0.1) is 11.3 Å². The van der Waals surface area contributed by atoms with Gasteiger partial charge in [0.1, 0.15) is 5.00 Å². The van der Waals surface area contributed by atoms with Crippen molar-refractivity contribution < 1.29 is 4.79 Å². The van der Waals surface area contributed by atoms with E-state index in [1.165, 1.54) is 0 Å². The molecule has 4 heteroatoms. The zero-order valence-corrected chi connectivity index (χ0v) is 17.6. The van der Waals surface area contributed by atoms with Gasteiger partial charge in [0.2, 0.25) is 0 Å². The molecule has 0 spiro atoms. The Morgan fingerprint density at radius 1 is 0.885 bits per heavy atom. The lowest BCUT2D eigenvalue weighted by molar-refractivity contribution is 0.0951. The van der Waals surface area contributed by atoms with E-state index < -0.39 is 0 Å². The molecule has 3 aromatic rings. The van der Waals surface area contributed by atoms with E-state index in [0.717, 1.165) is 10.6 Å². The Kier molecular flexibility index (Phi) is 13.6. The largest absolute Gasteiger partial charge is 0.348 e. The number of nitrogens with zero attached hydrogens (tertiary/aromatic N) is 1. The van der Waals surface area contributed by atoms with Crippen molar-refractivity contribution in [3.05, 3.63) is 77.4 Å². The van der Waals surface area contributed by atoms with E-state index in [0.29, 0.717) is 12.1 Å². The highest BCUT2D eigenvalue weighted by atomic mass is 32.1. The first kappa shape index (κ1) is 23.7. The minimum atomic E-state index is -0.0428. The highest BCUT2D eigenvalue weighted by Gasteiger charge is 2.13. The summed E-state index contributed by atoms with van der Waals surface area (Å²) in [7, 11) is 0. The monoisotopic (exact) mass is 372 g/mol. The summed E-state index contributed by atoms with van der Waals surface area (Å²) in [4.78, 5) is 12.3. The number of benzene rings is 1. The van der Waals surface area contributed by atoms with Crippen LogP contribution in [0.1, 0.15) is 57.5 Å². The molecule has 0 radical (unpaired) electrons. The maximum atomic E-state index is 12.3. The molecule has 26 heavy (non-hydrogen) atoms. The smallest absolute Gasteiger partial charge is 0.254 e. The van der Waals surface area contributed by atoms with Crippen molar-refractivity contribution in [1.29, 1.82) is 0 Å². The van der Waals surface area contributed by atoms with Crippen LogP contribution in [0.25, 0.3) is 5.00 Å². The Labute approximate surface area is 162 Å². The number of carbonyl (C=O) groups is 1. The molecule has 0 bridgehead atoms. The van der Waals surface area contributed by atoms with Crippen LogP contribution >= 0.6 is 11.3 Å². The number of thiophene rings is 1. The predicted octanol–water partition coefficient (Wildman–Crippen LogP) is 6.55. The minimum Gasteiger partial charge on any atom is -0.348 e. The fraction of sp³-hybridized carbons (Fsp3) is 0.318. The molecular weight excluding hydrogens is 340 g/mol. The third-order valence-electron chi connectivity index (χ3n) is 3.02. The lowest BCUT2D eigenvalue weighted by Crippen LogP contribution is -2.23. The van der Waals surface area contributed by atoms with Crippen LogP contribution in [0.15, 0.2) is 66.3 Å². The molecule has 0 saturated carbocycles. The second kappa shape index (κ2) is 15.0. The molecule has 0 atom stereocenters. The van der Waals surface area contributed by atoms with E-state index in [9.17, 15) is 4.79 Å². The van der Waals surface area contributed by atoms with Gasteiger partial charge in [-0.1, -0.05) is 71.9 Å². The van der Waals surface area contributed by atoms with Gasteiger partial charge >= 0.3 is 0 Å². The van der Waals surface area contributed by atoms with Gasteiger partial charge in [0.05, 0.1) is 5.56 Å². The molecule has 0 aliphatic carbocycles. The van der Waals surface area contributed by atoms with Gasteiger partial charge in [0.15, 0.2) is 0 Å². The summed E-state index contributed by atoms with van der Waals surface area (Å²) in [6.07, 6.45) is 3.89. The Bertz CT molecular complexity index is 688. The molecule has 3 nitrogen and oxygen atoms in total. The molecular formula is C22H32N2OS. The van der Waals surface area contributed by atoms with Gasteiger partial charge < -0.3 is 9.88 Å². The molecule has 0 aliphatic rings. The Balaban J connectivity index is 0.000000948. The zero-order valence-electron chi connectivity index (χ0n) is 16.8. The molecule has 2 aromatic heterocycles. The molecule has 0 aliphatic heterocycles. The van der Waals surface area contributed by atoms with E-state index in [2.05, 4.69) is 5.32 Å². The van der Waals surface area contributed by atoms with Crippen LogP contribution in [0.4, 0.5) is 0 Å². The van der Waals surface area contributed by atoms with Crippen LogP contribution in [0.5, 0.6) is 0 Å². The lowest BCUT2D eigenvalue weighted by Gasteiger charge is -2.07. The minimum absolute atomic E-state index is 0.0428. The Hall–Kier alpha value is -2.33. The first-order valence-corrected chi connectivity index (χ1v) is 10.3. The lowest BCUT2D eigenvalue weighted by atomic mass is 10.2. The molecule has 1 amide bonds. The maximum Gasteiger partial charge on any atom is 0.254 e. The number of hydrogen-bond donors (Lipinski definition) is 1. The molecule has 142 valence electrons. The van der Waals surface area contributed by atoms with Crippen LogP contribution in [0.2, 0.25) is 0 Å². The molecule has 1 N–H and O–H groups in total. The maximum absolute atomic E-state index is 12.3. The van der Waals surface area contributed by atoms with Gasteiger partial charge in [-0.3, -0.25) is 4.79 Å². The topological polar surface area (TPSA) is 34.0 Å². The van der Waals surface area contributed by atoms with Crippen LogP contribution in [-0.2, 0) is 6.54 Å². The quantitative estimate of drug-likeness (QED) is 0.554. The first-order chi connectivity index (χ1) is 12.8. The third kappa shape index (κ3) is 7.28. The summed E-state index contributed by atoms with van der Waals surface area (Å²) >= 11 is 1.56. The van der Waals surface area contributed by atoms with Gasteiger partial charge in [-0.2, -0.15) is 0 Å². The SMILES string of the molecule is CC.CC.CC.O=C(NCc1ccccc1)c1ccsc1-n1cccc1. The summed E-state index contributed by atoms with van der Waals surface area (Å²) in [6, 6.07) is 15.7. The van der Waals surface area contributed by atoms with Gasteiger partial charge in [-0.25, -0.2) is 0 Å². The second-order valence-corrected chi connectivity index (χ2v) is 5.29. The van der Waals surface area contributed by atoms with Crippen molar-refractivity contribution in [3.63, 3.8) is 0 Å². The first-order valence-electron chi connectivity index (χ1n) is 9.37. The van der Waals surface area contributed by atoms with E-state index >= 15 is 0 Å². The van der Waals surface area contributed by atoms with Crippen LogP contribution in [0, 0.1) is 0 Å². The van der Waals surface area contributed by atoms with Crippen molar-refractivity contribution in [2.45, 2.75) is 48.1 Å². The van der Waals surface area contributed by atoms with E-state index in [1.807, 2.05) is 112 Å². The molecule has 0 saturated heterocycles. The van der Waals surface area contributed by atoms with E-state index in [4.69, 9.17) is 0 Å². The molecule has 0 unspecified atom stereocenters. The fourth-order valence-corrected chi connectivity index (χ4v) is 2.88. The second-order valence-electron chi connectivity index (χ2n) is 4.40. The van der Waals surface area contributed by atoms with Crippen molar-refractivity contribution in [2.24, 2.45) is 0 Å². The van der Waals surface area contributed by atoms with Crippen molar-refractivity contribution in [1.82, 2.24) is 9.88 Å². The standard InChI is InChI=1S/C16H14N2OS.3C2H6/c19-15(17-12-13-6-2-1-3-7-13)14-8-11-20-16(14)18-9-4-5-10-18;3*1-2/h1-11H,12H2,(H,17,19);3*1-2H3. The number of rotatable bonds is 4. The van der Waals surface area contributed by atoms with Crippen molar-refractivity contribution >= 4 is 17.2 Å². The average Bonchev–Trinajstić information content (AvgIpc) is 3.43. The molecule has 2 heterocycles. The summed E-state index contributed by atoms with van der Waals surface area (Å²) in [5.41, 5.74) is 1.81. The fourth-order valence-electron chi connectivity index (χ4n) is 2.02. The van der Waals surface area contributed by atoms with Crippen molar-refractivity contribution in [2.75, 3.05) is 0 Å². The molecule has 0 fully saturated rings. The zero-order chi connectivity index (χ0) is 19.8. The Morgan fingerprint density at radius 3 is 2.04 bits per heavy atom. The third-order valence-corrected chi connectivity index (χ3v) is 3.95. The van der Waals surface area contributed by atoms with E-state index in [-0.39, 0.29) is 5.91 Å². The van der Waals surface area contributed by atoms with Crippen LogP contribution in [0.3, 0.4) is 0 Å². The summed E-state index contributed by atoms with van der Waals surface area (Å²) in [5, 5.41) is 5.84. The normalized spacial score (nSPS) is 8.69. The van der Waals surface area contributed by atoms with Crippen LogP contribution in [-0.4, -0.2) is 10.5 Å². The number of hydrogen-bond acceptors (Lipinski definition) is 2. The van der Waals surface area contributed by atoms with Gasteiger partial charge in [0.25, 0.3) is 5.91 Å². The molecule has 3 rings (SSSR count). The highest BCUT2D eigenvalue weighted by molar-refractivity contribution is 7.13.